The summed E-state index contributed by atoms with van der Waals surface area (Å²) in [6.45, 7) is 3.08. The number of furan rings is 1. The quantitative estimate of drug-likeness (QED) is 0.915. The van der Waals surface area contributed by atoms with Crippen molar-refractivity contribution in [3.05, 3.63) is 51.7 Å². The van der Waals surface area contributed by atoms with E-state index < -0.39 is 11.7 Å². The van der Waals surface area contributed by atoms with Crippen LogP contribution in [0.1, 0.15) is 27.4 Å². The third-order valence-electron chi connectivity index (χ3n) is 2.86. The Morgan fingerprint density at radius 2 is 2.15 bits per heavy atom. The number of nitriles is 1. The normalized spacial score (nSPS) is 10.2. The molecule has 0 aliphatic rings. The number of amides is 1. The van der Waals surface area contributed by atoms with E-state index in [1.807, 2.05) is 0 Å². The summed E-state index contributed by atoms with van der Waals surface area (Å²) >= 11 is 5.95. The highest BCUT2D eigenvalue weighted by Gasteiger charge is 2.18. The molecule has 0 aliphatic carbocycles. The maximum absolute atomic E-state index is 13.5. The minimum Gasteiger partial charge on any atom is -0.450 e. The second-order valence-corrected chi connectivity index (χ2v) is 4.58. The summed E-state index contributed by atoms with van der Waals surface area (Å²) in [5.74, 6) is -0.631. The zero-order valence-electron chi connectivity index (χ0n) is 10.8. The molecule has 0 fully saturated rings. The van der Waals surface area contributed by atoms with Crippen LogP contribution in [0.15, 0.2) is 22.6 Å². The van der Waals surface area contributed by atoms with Gasteiger partial charge in [-0.2, -0.15) is 5.26 Å². The van der Waals surface area contributed by atoms with Crippen molar-refractivity contribution in [1.29, 1.82) is 5.26 Å². The summed E-state index contributed by atoms with van der Waals surface area (Å²) in [5.41, 5.74) is 0.657. The maximum atomic E-state index is 13.5. The van der Waals surface area contributed by atoms with E-state index in [1.54, 1.807) is 13.0 Å². The summed E-state index contributed by atoms with van der Waals surface area (Å²) in [7, 11) is 0. The second kappa shape index (κ2) is 5.35. The van der Waals surface area contributed by atoms with Gasteiger partial charge in [-0.3, -0.25) is 4.79 Å². The Kier molecular flexibility index (Phi) is 3.77. The lowest BCUT2D eigenvalue weighted by Gasteiger charge is -2.10. The molecule has 0 spiro atoms. The highest BCUT2D eigenvalue weighted by molar-refractivity contribution is 6.34. The van der Waals surface area contributed by atoms with Crippen molar-refractivity contribution in [3.8, 4) is 6.07 Å². The van der Waals surface area contributed by atoms with Gasteiger partial charge in [-0.15, -0.1) is 0 Å². The molecule has 1 heterocycles. The molecule has 2 aromatic rings. The minimum atomic E-state index is -0.511. The van der Waals surface area contributed by atoms with Crippen molar-refractivity contribution >= 4 is 23.2 Å². The summed E-state index contributed by atoms with van der Waals surface area (Å²) < 4.78 is 18.6. The number of aryl methyl sites for hydroxylation is 1. The van der Waals surface area contributed by atoms with Gasteiger partial charge in [0.1, 0.15) is 17.6 Å². The van der Waals surface area contributed by atoms with Crippen molar-refractivity contribution in [2.45, 2.75) is 13.8 Å². The van der Waals surface area contributed by atoms with Crippen molar-refractivity contribution in [3.63, 3.8) is 0 Å². The number of anilines is 1. The van der Waals surface area contributed by atoms with E-state index in [9.17, 15) is 9.18 Å². The first-order chi connectivity index (χ1) is 9.43. The van der Waals surface area contributed by atoms with E-state index in [4.69, 9.17) is 21.3 Å². The van der Waals surface area contributed by atoms with E-state index in [0.717, 1.165) is 0 Å². The zero-order chi connectivity index (χ0) is 14.9. The Morgan fingerprint density at radius 1 is 1.45 bits per heavy atom. The molecular formula is C14H10ClFN2O2. The van der Waals surface area contributed by atoms with Crippen molar-refractivity contribution in [2.24, 2.45) is 0 Å². The Balaban J connectivity index is 2.35. The average Bonchev–Trinajstić information content (AvgIpc) is 2.80. The third-order valence-corrected chi connectivity index (χ3v) is 3.17. The first-order valence-electron chi connectivity index (χ1n) is 5.70. The predicted molar refractivity (Wildman–Crippen MR) is 72.3 cm³/mol. The van der Waals surface area contributed by atoms with Crippen molar-refractivity contribution < 1.29 is 13.6 Å². The highest BCUT2D eigenvalue weighted by atomic mass is 35.5. The molecule has 1 aromatic heterocycles. The molecule has 2 rings (SSSR count). The first-order valence-corrected chi connectivity index (χ1v) is 6.08. The third kappa shape index (κ3) is 2.51. The lowest BCUT2D eigenvalue weighted by Crippen LogP contribution is -2.14. The van der Waals surface area contributed by atoms with Gasteiger partial charge in [-0.1, -0.05) is 11.6 Å². The van der Waals surface area contributed by atoms with Crippen LogP contribution in [0.2, 0.25) is 5.02 Å². The average molecular weight is 293 g/mol. The van der Waals surface area contributed by atoms with Gasteiger partial charge in [-0.25, -0.2) is 4.39 Å². The number of hydrogen-bond donors (Lipinski definition) is 1. The van der Waals surface area contributed by atoms with Crippen LogP contribution in [0, 0.1) is 31.0 Å². The first kappa shape index (κ1) is 14.1. The summed E-state index contributed by atoms with van der Waals surface area (Å²) in [4.78, 5) is 12.1. The Bertz CT molecular complexity index is 732. The minimum absolute atomic E-state index is 0.0368. The van der Waals surface area contributed by atoms with Crippen LogP contribution in [0.4, 0.5) is 10.1 Å². The zero-order valence-corrected chi connectivity index (χ0v) is 11.5. The van der Waals surface area contributed by atoms with E-state index in [1.165, 1.54) is 25.1 Å². The smallest absolute Gasteiger partial charge is 0.259 e. The van der Waals surface area contributed by atoms with Gasteiger partial charge in [0, 0.05) is 11.6 Å². The second-order valence-electron chi connectivity index (χ2n) is 4.18. The fraction of sp³-hybridized carbons (Fsp3) is 0.143. The van der Waals surface area contributed by atoms with Crippen LogP contribution in [0.25, 0.3) is 0 Å². The lowest BCUT2D eigenvalue weighted by molar-refractivity contribution is 0.102. The molecule has 4 nitrogen and oxygen atoms in total. The van der Waals surface area contributed by atoms with Crippen LogP contribution >= 0.6 is 11.6 Å². The number of halogens is 2. The Morgan fingerprint density at radius 3 is 2.75 bits per heavy atom. The van der Waals surface area contributed by atoms with E-state index in [2.05, 4.69) is 5.32 Å². The molecule has 0 bridgehead atoms. The number of rotatable bonds is 2. The molecule has 0 radical (unpaired) electrons. The van der Waals surface area contributed by atoms with Crippen LogP contribution in [0.3, 0.4) is 0 Å². The van der Waals surface area contributed by atoms with Gasteiger partial charge in [0.05, 0.1) is 16.3 Å². The molecular weight excluding hydrogens is 283 g/mol. The van der Waals surface area contributed by atoms with Gasteiger partial charge in [-0.05, 0) is 26.0 Å². The van der Waals surface area contributed by atoms with Gasteiger partial charge in [0.2, 0.25) is 5.76 Å². The van der Waals surface area contributed by atoms with Crippen LogP contribution < -0.4 is 5.32 Å². The van der Waals surface area contributed by atoms with Gasteiger partial charge in [0.25, 0.3) is 5.91 Å². The highest BCUT2D eigenvalue weighted by Crippen LogP contribution is 2.28. The SMILES string of the molecule is Cc1oc(C#N)cc1C(=O)Nc1c(Cl)ccc(F)c1C. The molecule has 102 valence electrons. The fourth-order valence-electron chi connectivity index (χ4n) is 1.75. The molecule has 1 aromatic carbocycles. The van der Waals surface area contributed by atoms with E-state index in [0.29, 0.717) is 5.76 Å². The standard InChI is InChI=1S/C14H10ClFN2O2/c1-7-12(16)4-3-11(15)13(7)18-14(19)10-5-9(6-17)20-8(10)2/h3-5H,1-2H3,(H,18,19). The monoisotopic (exact) mass is 292 g/mol. The number of carbonyl (C=O) groups is 1. The van der Waals surface area contributed by atoms with Crippen LogP contribution in [-0.2, 0) is 0 Å². The number of nitrogens with zero attached hydrogens (tertiary/aromatic N) is 1. The number of benzene rings is 1. The molecule has 0 atom stereocenters. The van der Waals surface area contributed by atoms with E-state index >= 15 is 0 Å². The predicted octanol–water partition coefficient (Wildman–Crippen LogP) is 3.81. The number of nitrogens with one attached hydrogen (secondary N) is 1. The molecule has 0 saturated heterocycles. The van der Waals surface area contributed by atoms with Crippen LogP contribution in [0.5, 0.6) is 0 Å². The topological polar surface area (TPSA) is 66.0 Å². The molecule has 0 saturated carbocycles. The lowest BCUT2D eigenvalue weighted by atomic mass is 10.1. The molecule has 1 amide bonds. The van der Waals surface area contributed by atoms with Crippen molar-refractivity contribution in [1.82, 2.24) is 0 Å². The summed E-state index contributed by atoms with van der Waals surface area (Å²) in [6.07, 6.45) is 0. The molecule has 6 heteroatoms. The van der Waals surface area contributed by atoms with Gasteiger partial charge in [0.15, 0.2) is 0 Å². The Labute approximate surface area is 119 Å². The largest absolute Gasteiger partial charge is 0.450 e. The molecule has 1 N–H and O–H groups in total. The maximum Gasteiger partial charge on any atom is 0.259 e. The number of hydrogen-bond acceptors (Lipinski definition) is 3. The number of carbonyl (C=O) groups excluding carboxylic acids is 1. The van der Waals surface area contributed by atoms with Gasteiger partial charge < -0.3 is 9.73 Å². The summed E-state index contributed by atoms with van der Waals surface area (Å²) in [5, 5.41) is 11.5. The molecule has 20 heavy (non-hydrogen) atoms. The van der Waals surface area contributed by atoms with Gasteiger partial charge >= 0.3 is 0 Å². The fourth-order valence-corrected chi connectivity index (χ4v) is 2.00. The van der Waals surface area contributed by atoms with E-state index in [-0.39, 0.29) is 27.6 Å². The van der Waals surface area contributed by atoms with Crippen LogP contribution in [-0.4, -0.2) is 5.91 Å². The summed E-state index contributed by atoms with van der Waals surface area (Å²) in [6, 6.07) is 5.72. The molecule has 0 unspecified atom stereocenters. The Hall–Kier alpha value is -2.32. The molecule has 0 aliphatic heterocycles. The van der Waals surface area contributed by atoms with Crippen molar-refractivity contribution in [2.75, 3.05) is 5.32 Å².